The molecule has 2 rings (SSSR count). The summed E-state index contributed by atoms with van der Waals surface area (Å²) >= 11 is 0. The number of aliphatic imine (C=N–C) groups is 1. The Hall–Kier alpha value is -2.33. The first-order valence-electron chi connectivity index (χ1n) is 8.82. The number of para-hydroxylation sites is 1. The molecule has 2 aromatic rings. The molecule has 4 nitrogen and oxygen atoms in total. The van der Waals surface area contributed by atoms with Crippen LogP contribution in [0.1, 0.15) is 42.9 Å². The van der Waals surface area contributed by atoms with Crippen LogP contribution in [0.15, 0.2) is 53.5 Å². The molecule has 4 heteroatoms. The molecule has 0 aliphatic heterocycles. The molecule has 25 heavy (non-hydrogen) atoms. The Labute approximate surface area is 151 Å². The molecule has 0 saturated carbocycles. The van der Waals surface area contributed by atoms with Crippen molar-refractivity contribution in [3.05, 3.63) is 65.2 Å². The highest BCUT2D eigenvalue weighted by Crippen LogP contribution is 2.16. The molecule has 0 bridgehead atoms. The molecule has 0 saturated heterocycles. The summed E-state index contributed by atoms with van der Waals surface area (Å²) in [5, 5.41) is 3.16. The Morgan fingerprint density at radius 2 is 1.84 bits per heavy atom. The van der Waals surface area contributed by atoms with Gasteiger partial charge in [0.2, 0.25) is 0 Å². The Morgan fingerprint density at radius 1 is 1.12 bits per heavy atom. The second-order valence-corrected chi connectivity index (χ2v) is 6.48. The number of benzene rings is 2. The molecule has 0 radical (unpaired) electrons. The Kier molecular flexibility index (Phi) is 7.48. The molecule has 3 N–H and O–H groups in total. The fourth-order valence-electron chi connectivity index (χ4n) is 2.65. The van der Waals surface area contributed by atoms with Crippen LogP contribution in [-0.4, -0.2) is 19.6 Å². The van der Waals surface area contributed by atoms with Crippen LogP contribution in [0.5, 0.6) is 0 Å². The number of aryl methyl sites for hydroxylation is 1. The van der Waals surface area contributed by atoms with Gasteiger partial charge in [-0.05, 0) is 36.0 Å². The van der Waals surface area contributed by atoms with Gasteiger partial charge in [0.25, 0.3) is 0 Å². The van der Waals surface area contributed by atoms with Gasteiger partial charge in [-0.25, -0.2) is 0 Å². The quantitative estimate of drug-likeness (QED) is 0.428. The molecule has 0 unspecified atom stereocenters. The molecule has 0 fully saturated rings. The number of ether oxygens (including phenoxy) is 1. The maximum atomic E-state index is 6.00. The van der Waals surface area contributed by atoms with Crippen LogP contribution >= 0.6 is 0 Å². The zero-order valence-corrected chi connectivity index (χ0v) is 15.5. The van der Waals surface area contributed by atoms with Crippen LogP contribution in [0.3, 0.4) is 0 Å². The van der Waals surface area contributed by atoms with E-state index >= 15 is 0 Å². The predicted octanol–water partition coefficient (Wildman–Crippen LogP) is 4.32. The second-order valence-electron chi connectivity index (χ2n) is 6.48. The Balaban J connectivity index is 1.81. The molecule has 0 atom stereocenters. The highest BCUT2D eigenvalue weighted by molar-refractivity contribution is 5.92. The minimum absolute atomic E-state index is 0.443. The summed E-state index contributed by atoms with van der Waals surface area (Å²) in [6.45, 7) is 5.68. The maximum Gasteiger partial charge on any atom is 0.193 e. The van der Waals surface area contributed by atoms with Crippen LogP contribution < -0.4 is 11.1 Å². The first kappa shape index (κ1) is 19.0. The van der Waals surface area contributed by atoms with Crippen LogP contribution in [0.2, 0.25) is 0 Å². The lowest BCUT2D eigenvalue weighted by atomic mass is 10.0. The molecular formula is C21H29N3O. The van der Waals surface area contributed by atoms with E-state index < -0.39 is 0 Å². The summed E-state index contributed by atoms with van der Waals surface area (Å²) in [5.74, 6) is 1.02. The van der Waals surface area contributed by atoms with E-state index in [1.165, 1.54) is 11.1 Å². The van der Waals surface area contributed by atoms with Crippen molar-refractivity contribution >= 4 is 11.6 Å². The average Bonchev–Trinajstić information content (AvgIpc) is 2.61. The summed E-state index contributed by atoms with van der Waals surface area (Å²) in [6.07, 6.45) is 1.98. The number of nitrogens with zero attached hydrogens (tertiary/aromatic N) is 1. The van der Waals surface area contributed by atoms with Crippen LogP contribution in [0, 0.1) is 0 Å². The first-order valence-corrected chi connectivity index (χ1v) is 8.82. The summed E-state index contributed by atoms with van der Waals surface area (Å²) in [7, 11) is 1.68. The zero-order valence-electron chi connectivity index (χ0n) is 15.5. The third kappa shape index (κ3) is 6.24. The monoisotopic (exact) mass is 339 g/mol. The lowest BCUT2D eigenvalue weighted by molar-refractivity contribution is 0.185. The highest BCUT2D eigenvalue weighted by atomic mass is 16.5. The number of nitrogens with two attached hydrogens (primary N) is 1. The van der Waals surface area contributed by atoms with Gasteiger partial charge in [-0.3, -0.25) is 4.99 Å². The van der Waals surface area contributed by atoms with Crippen molar-refractivity contribution in [2.75, 3.05) is 19.0 Å². The number of guanidine groups is 1. The van der Waals surface area contributed by atoms with E-state index in [4.69, 9.17) is 10.5 Å². The largest absolute Gasteiger partial charge is 0.380 e. The van der Waals surface area contributed by atoms with Crippen molar-refractivity contribution in [1.82, 2.24) is 0 Å². The van der Waals surface area contributed by atoms with Gasteiger partial charge in [-0.15, -0.1) is 0 Å². The minimum atomic E-state index is 0.443. The molecule has 0 aliphatic carbocycles. The van der Waals surface area contributed by atoms with Crippen molar-refractivity contribution in [2.24, 2.45) is 10.7 Å². The molecule has 134 valence electrons. The van der Waals surface area contributed by atoms with E-state index in [0.717, 1.165) is 24.1 Å². The standard InChI is InChI=1S/C21H29N3O/c1-16(2)18-12-10-17(11-13-18)7-6-14-23-21(22)24-20-9-5-4-8-19(20)15-25-3/h4-5,8-13,16H,6-7,14-15H2,1-3H3,(H3,22,23,24). The first-order chi connectivity index (χ1) is 12.1. The molecule has 0 spiro atoms. The highest BCUT2D eigenvalue weighted by Gasteiger charge is 2.02. The smallest absolute Gasteiger partial charge is 0.193 e. The number of anilines is 1. The van der Waals surface area contributed by atoms with E-state index in [1.807, 2.05) is 24.3 Å². The topological polar surface area (TPSA) is 59.6 Å². The van der Waals surface area contributed by atoms with Gasteiger partial charge in [-0.1, -0.05) is 56.3 Å². The summed E-state index contributed by atoms with van der Waals surface area (Å²) < 4.78 is 5.20. The SMILES string of the molecule is COCc1ccccc1NC(N)=NCCCc1ccc(C(C)C)cc1. The van der Waals surface area contributed by atoms with Gasteiger partial charge in [0.1, 0.15) is 0 Å². The van der Waals surface area contributed by atoms with Gasteiger partial charge in [0.15, 0.2) is 5.96 Å². The molecule has 0 heterocycles. The van der Waals surface area contributed by atoms with Crippen molar-refractivity contribution in [3.63, 3.8) is 0 Å². The lowest BCUT2D eigenvalue weighted by Crippen LogP contribution is -2.23. The minimum Gasteiger partial charge on any atom is -0.380 e. The average molecular weight is 339 g/mol. The lowest BCUT2D eigenvalue weighted by Gasteiger charge is -2.11. The van der Waals surface area contributed by atoms with Crippen LogP contribution in [0.4, 0.5) is 5.69 Å². The fraction of sp³-hybridized carbons (Fsp3) is 0.381. The number of hydrogen-bond donors (Lipinski definition) is 2. The molecule has 0 aliphatic rings. The van der Waals surface area contributed by atoms with Crippen molar-refractivity contribution < 1.29 is 4.74 Å². The van der Waals surface area contributed by atoms with Gasteiger partial charge >= 0.3 is 0 Å². The van der Waals surface area contributed by atoms with E-state index in [0.29, 0.717) is 25.0 Å². The van der Waals surface area contributed by atoms with Gasteiger partial charge in [0, 0.05) is 24.9 Å². The predicted molar refractivity (Wildman–Crippen MR) is 106 cm³/mol. The normalized spacial score (nSPS) is 11.8. The summed E-state index contributed by atoms with van der Waals surface area (Å²) in [5.41, 5.74) is 10.7. The molecular weight excluding hydrogens is 310 g/mol. The number of rotatable bonds is 8. The molecule has 0 aromatic heterocycles. The van der Waals surface area contributed by atoms with E-state index in [-0.39, 0.29) is 0 Å². The van der Waals surface area contributed by atoms with E-state index in [1.54, 1.807) is 7.11 Å². The molecule has 0 amide bonds. The Bertz CT molecular complexity index is 678. The summed E-state index contributed by atoms with van der Waals surface area (Å²) in [4.78, 5) is 4.42. The van der Waals surface area contributed by atoms with Gasteiger partial charge in [0.05, 0.1) is 6.61 Å². The number of methoxy groups -OCH3 is 1. The van der Waals surface area contributed by atoms with Gasteiger partial charge in [-0.2, -0.15) is 0 Å². The van der Waals surface area contributed by atoms with Crippen LogP contribution in [-0.2, 0) is 17.8 Å². The Morgan fingerprint density at radius 3 is 2.52 bits per heavy atom. The van der Waals surface area contributed by atoms with Crippen LogP contribution in [0.25, 0.3) is 0 Å². The van der Waals surface area contributed by atoms with E-state index in [2.05, 4.69) is 48.4 Å². The second kappa shape index (κ2) is 9.84. The maximum absolute atomic E-state index is 6.00. The summed E-state index contributed by atoms with van der Waals surface area (Å²) in [6, 6.07) is 16.8. The van der Waals surface area contributed by atoms with Crippen molar-refractivity contribution in [2.45, 2.75) is 39.2 Å². The van der Waals surface area contributed by atoms with Gasteiger partial charge < -0.3 is 15.8 Å². The third-order valence-corrected chi connectivity index (χ3v) is 4.13. The third-order valence-electron chi connectivity index (χ3n) is 4.13. The zero-order chi connectivity index (χ0) is 18.1. The molecule has 2 aromatic carbocycles. The number of nitrogens with one attached hydrogen (secondary N) is 1. The van der Waals surface area contributed by atoms with E-state index in [9.17, 15) is 0 Å². The number of hydrogen-bond acceptors (Lipinski definition) is 2. The fourth-order valence-corrected chi connectivity index (χ4v) is 2.65. The van der Waals surface area contributed by atoms with Crippen molar-refractivity contribution in [3.8, 4) is 0 Å². The van der Waals surface area contributed by atoms with Crippen molar-refractivity contribution in [1.29, 1.82) is 0 Å².